The van der Waals surface area contributed by atoms with E-state index >= 15 is 0 Å². The summed E-state index contributed by atoms with van der Waals surface area (Å²) < 4.78 is 2.87. The van der Waals surface area contributed by atoms with E-state index in [0.717, 1.165) is 26.0 Å². The molecule has 5 nitrogen and oxygen atoms in total. The number of para-hydroxylation sites is 1. The third kappa shape index (κ3) is 3.28. The largest absolute Gasteiger partial charge is 0.294 e. The molecule has 0 bridgehead atoms. The Kier molecular flexibility index (Phi) is 4.81. The summed E-state index contributed by atoms with van der Waals surface area (Å²) in [6.07, 6.45) is 3.37. The molecule has 9 heteroatoms. The summed E-state index contributed by atoms with van der Waals surface area (Å²) in [5.41, 5.74) is 2.91. The molecule has 1 aliphatic carbocycles. The van der Waals surface area contributed by atoms with Crippen molar-refractivity contribution >= 4 is 73.9 Å². The van der Waals surface area contributed by atoms with Gasteiger partial charge in [-0.2, -0.15) is 0 Å². The van der Waals surface area contributed by atoms with Crippen LogP contribution in [0.3, 0.4) is 0 Å². The van der Waals surface area contributed by atoms with Crippen LogP contribution in [0.2, 0.25) is 10.0 Å². The van der Waals surface area contributed by atoms with E-state index in [1.54, 1.807) is 12.3 Å². The highest BCUT2D eigenvalue weighted by molar-refractivity contribution is 7.24. The molecule has 2 aromatic carbocycles. The van der Waals surface area contributed by atoms with E-state index in [0.29, 0.717) is 5.69 Å². The summed E-state index contributed by atoms with van der Waals surface area (Å²) >= 11 is 15.2. The lowest BCUT2D eigenvalue weighted by molar-refractivity contribution is 0.0990. The lowest BCUT2D eigenvalue weighted by Crippen LogP contribution is -2.03. The molecule has 5 aromatic rings. The fraction of sp³-hybridized carbons (Fsp3) is 0. The van der Waals surface area contributed by atoms with Crippen molar-refractivity contribution in [3.63, 3.8) is 0 Å². The van der Waals surface area contributed by atoms with E-state index in [1.807, 2.05) is 46.3 Å². The quantitative estimate of drug-likeness (QED) is 0.195. The fourth-order valence-electron chi connectivity index (χ4n) is 3.87. The van der Waals surface area contributed by atoms with Crippen LogP contribution in [0.1, 0.15) is 26.4 Å². The molecule has 160 valence electrons. The minimum atomic E-state index is -0.367. The number of aromatic nitrogens is 3. The molecule has 6 rings (SSSR count). The Morgan fingerprint density at radius 1 is 0.909 bits per heavy atom. The maximum atomic E-state index is 13.1. The number of halogens is 2. The Balaban J connectivity index is 1.54. The second-order valence-electron chi connectivity index (χ2n) is 7.31. The van der Waals surface area contributed by atoms with Gasteiger partial charge < -0.3 is 0 Å². The molecular weight excluding hydrogens is 497 g/mol. The minimum Gasteiger partial charge on any atom is -0.294 e. The summed E-state index contributed by atoms with van der Waals surface area (Å²) in [6, 6.07) is 14.5. The van der Waals surface area contributed by atoms with E-state index in [2.05, 4.69) is 4.98 Å². The maximum absolute atomic E-state index is 13.1. The lowest BCUT2D eigenvalue weighted by Gasteiger charge is -2.07. The topological polar surface area (TPSA) is 64.8 Å². The molecule has 0 saturated carbocycles. The second kappa shape index (κ2) is 7.74. The zero-order chi connectivity index (χ0) is 22.7. The highest BCUT2D eigenvalue weighted by atomic mass is 35.5. The number of benzene rings is 2. The molecule has 33 heavy (non-hydrogen) atoms. The number of Topliss-reactive ketones (excluding diaryl/α,β-unsaturated/α-hetero) is 2. The number of rotatable bonds is 3. The van der Waals surface area contributed by atoms with Crippen LogP contribution in [0.4, 0.5) is 0 Å². The Hall–Kier alpha value is -3.10. The van der Waals surface area contributed by atoms with Crippen molar-refractivity contribution in [2.75, 3.05) is 0 Å². The molecule has 1 aliphatic rings. The molecule has 3 aromatic heterocycles. The molecule has 0 saturated heterocycles. The first-order valence-corrected chi connectivity index (χ1v) is 12.2. The molecule has 0 atom stereocenters. The Bertz CT molecular complexity index is 1570. The summed E-state index contributed by atoms with van der Waals surface area (Å²) in [5.74, 6) is -0.733. The van der Waals surface area contributed by atoms with Crippen molar-refractivity contribution in [2.45, 2.75) is 0 Å². The van der Waals surface area contributed by atoms with E-state index in [1.165, 1.54) is 34.8 Å². The predicted octanol–water partition coefficient (Wildman–Crippen LogP) is 6.98. The highest BCUT2D eigenvalue weighted by Crippen LogP contribution is 2.38. The Labute approximate surface area is 205 Å². The van der Waals surface area contributed by atoms with Gasteiger partial charge in [-0.3, -0.25) is 14.2 Å². The normalized spacial score (nSPS) is 13.2. The third-order valence-corrected chi connectivity index (χ3v) is 7.97. The van der Waals surface area contributed by atoms with Gasteiger partial charge >= 0.3 is 0 Å². The monoisotopic (exact) mass is 507 g/mol. The minimum absolute atomic E-state index is 0.0748. The van der Waals surface area contributed by atoms with Gasteiger partial charge in [0.05, 0.1) is 26.0 Å². The van der Waals surface area contributed by atoms with Crippen LogP contribution in [-0.4, -0.2) is 26.1 Å². The van der Waals surface area contributed by atoms with Gasteiger partial charge in [-0.1, -0.05) is 41.4 Å². The van der Waals surface area contributed by atoms with E-state index in [-0.39, 0.29) is 38.3 Å². The Morgan fingerprint density at radius 2 is 1.61 bits per heavy atom. The zero-order valence-electron chi connectivity index (χ0n) is 16.6. The van der Waals surface area contributed by atoms with Crippen LogP contribution < -0.4 is 0 Å². The number of carbonyl (C=O) groups excluding carboxylic acids is 2. The van der Waals surface area contributed by atoms with Gasteiger partial charge in [-0.05, 0) is 36.4 Å². The van der Waals surface area contributed by atoms with Crippen molar-refractivity contribution in [3.05, 3.63) is 92.5 Å². The third-order valence-electron chi connectivity index (χ3n) is 5.34. The van der Waals surface area contributed by atoms with Gasteiger partial charge in [0.15, 0.2) is 27.2 Å². The molecule has 0 radical (unpaired) electrons. The van der Waals surface area contributed by atoms with Crippen LogP contribution in [0.5, 0.6) is 0 Å². The number of allylic oxidation sites excluding steroid dienone is 1. The van der Waals surface area contributed by atoms with Crippen molar-refractivity contribution in [2.24, 2.45) is 0 Å². The van der Waals surface area contributed by atoms with Crippen LogP contribution in [-0.2, 0) is 0 Å². The summed E-state index contributed by atoms with van der Waals surface area (Å²) in [4.78, 5) is 35.3. The van der Waals surface area contributed by atoms with Crippen LogP contribution >= 0.6 is 45.9 Å². The number of thiazole rings is 2. The first-order chi connectivity index (χ1) is 16.0. The molecule has 0 fully saturated rings. The summed E-state index contributed by atoms with van der Waals surface area (Å²) in [6.45, 7) is 0. The number of nitrogens with zero attached hydrogens (tertiary/aromatic N) is 3. The Morgan fingerprint density at radius 3 is 2.24 bits per heavy atom. The first kappa shape index (κ1) is 20.5. The average Bonchev–Trinajstić information content (AvgIpc) is 3.57. The first-order valence-electron chi connectivity index (χ1n) is 9.79. The van der Waals surface area contributed by atoms with E-state index in [9.17, 15) is 9.59 Å². The number of ketones is 2. The van der Waals surface area contributed by atoms with E-state index < -0.39 is 0 Å². The molecule has 0 amide bonds. The lowest BCUT2D eigenvalue weighted by atomic mass is 10.1. The van der Waals surface area contributed by atoms with E-state index in [4.69, 9.17) is 28.2 Å². The van der Waals surface area contributed by atoms with Gasteiger partial charge in [0.25, 0.3) is 0 Å². The molecule has 0 N–H and O–H groups in total. The van der Waals surface area contributed by atoms with Gasteiger partial charge in [-0.25, -0.2) is 9.97 Å². The molecular formula is C24H11Cl2N3O2S2. The maximum Gasteiger partial charge on any atom is 0.197 e. The molecule has 0 unspecified atom stereocenters. The number of fused-ring (bicyclic) bond motifs is 2. The molecule has 0 aliphatic heterocycles. The molecule has 3 heterocycles. The number of carbonyl (C=O) groups is 2. The fourth-order valence-corrected chi connectivity index (χ4v) is 5.87. The van der Waals surface area contributed by atoms with Crippen LogP contribution in [0, 0.1) is 0 Å². The summed E-state index contributed by atoms with van der Waals surface area (Å²) in [5, 5.41) is 4.06. The van der Waals surface area contributed by atoms with Gasteiger partial charge in [0, 0.05) is 28.4 Å². The van der Waals surface area contributed by atoms with Gasteiger partial charge in [-0.15, -0.1) is 22.7 Å². The summed E-state index contributed by atoms with van der Waals surface area (Å²) in [7, 11) is 0. The van der Waals surface area contributed by atoms with Crippen LogP contribution in [0.25, 0.3) is 32.1 Å². The van der Waals surface area contributed by atoms with Gasteiger partial charge in [0.2, 0.25) is 0 Å². The van der Waals surface area contributed by atoms with Crippen LogP contribution in [0.15, 0.2) is 65.7 Å². The average molecular weight is 508 g/mol. The van der Waals surface area contributed by atoms with Crippen molar-refractivity contribution in [1.82, 2.24) is 14.5 Å². The second-order valence-corrected chi connectivity index (χ2v) is 10.1. The van der Waals surface area contributed by atoms with Crippen molar-refractivity contribution in [3.8, 4) is 15.7 Å². The standard InChI is InChI=1S/C24H11Cl2N3O2S2/c25-17-10-14-15(11-18(17)26)21(31)16(20(14)30)8-13-9-19-22(29(13)12-4-2-1-3-5-12)28-24(33-19)23-27-6-7-32-23/h1-11H. The number of hydrogen-bond donors (Lipinski definition) is 0. The smallest absolute Gasteiger partial charge is 0.197 e. The predicted molar refractivity (Wildman–Crippen MR) is 133 cm³/mol. The number of hydrogen-bond acceptors (Lipinski definition) is 6. The van der Waals surface area contributed by atoms with Crippen molar-refractivity contribution < 1.29 is 9.59 Å². The molecule has 0 spiro atoms. The SMILES string of the molecule is O=C1C(=Cc2cc3sc(-c4nccs4)nc3n2-c2ccccc2)C(=O)c2cc(Cl)c(Cl)cc21. The zero-order valence-corrected chi connectivity index (χ0v) is 19.7. The highest BCUT2D eigenvalue weighted by Gasteiger charge is 2.34. The van der Waals surface area contributed by atoms with Gasteiger partial charge in [0.1, 0.15) is 0 Å². The van der Waals surface area contributed by atoms with Crippen molar-refractivity contribution in [1.29, 1.82) is 0 Å².